The summed E-state index contributed by atoms with van der Waals surface area (Å²) in [5.41, 5.74) is 1.39. The molecule has 0 aliphatic rings. The van der Waals surface area contributed by atoms with Gasteiger partial charge < -0.3 is 4.74 Å². The third kappa shape index (κ3) is 10.8. The second-order valence-electron chi connectivity index (χ2n) is 5.82. The average molecular weight is 311 g/mol. The molecule has 0 unspecified atom stereocenters. The molecule has 0 atom stereocenters. The van der Waals surface area contributed by atoms with Crippen LogP contribution in [0, 0.1) is 0 Å². The predicted molar refractivity (Wildman–Crippen MR) is 93.2 cm³/mol. The minimum absolute atomic E-state index is 0.825. The van der Waals surface area contributed by atoms with Crippen LogP contribution in [0.25, 0.3) is 0 Å². The number of rotatable bonds is 13. The summed E-state index contributed by atoms with van der Waals surface area (Å²) in [6, 6.07) is 8.21. The molecule has 0 aliphatic carbocycles. The van der Waals surface area contributed by atoms with E-state index in [1.54, 1.807) is 0 Å². The smallest absolute Gasteiger partial charge is 0.0466 e. The van der Waals surface area contributed by atoms with Gasteiger partial charge in [-0.05, 0) is 43.4 Å². The molecule has 1 rings (SSSR count). The van der Waals surface area contributed by atoms with Crippen LogP contribution in [0.1, 0.15) is 70.3 Å². The SMILES string of the molecule is CCCCCCCOCCCCCCc1ccc(Cl)cc1. The fourth-order valence-electron chi connectivity index (χ4n) is 2.45. The molecule has 0 bridgehead atoms. The van der Waals surface area contributed by atoms with Crippen LogP contribution in [0.15, 0.2) is 24.3 Å². The van der Waals surface area contributed by atoms with E-state index in [1.165, 1.54) is 63.4 Å². The highest BCUT2D eigenvalue weighted by Gasteiger charge is 1.95. The van der Waals surface area contributed by atoms with Crippen molar-refractivity contribution in [2.24, 2.45) is 0 Å². The number of hydrogen-bond donors (Lipinski definition) is 0. The largest absolute Gasteiger partial charge is 0.381 e. The number of aryl methyl sites for hydroxylation is 1. The number of halogens is 1. The van der Waals surface area contributed by atoms with Gasteiger partial charge >= 0.3 is 0 Å². The topological polar surface area (TPSA) is 9.23 Å². The van der Waals surface area contributed by atoms with Gasteiger partial charge in [-0.25, -0.2) is 0 Å². The molecule has 1 aromatic carbocycles. The Bertz CT molecular complexity index is 334. The van der Waals surface area contributed by atoms with Gasteiger partial charge in [-0.15, -0.1) is 0 Å². The highest BCUT2D eigenvalue weighted by molar-refractivity contribution is 6.30. The molecule has 1 nitrogen and oxygen atoms in total. The van der Waals surface area contributed by atoms with Crippen molar-refractivity contribution in [2.75, 3.05) is 13.2 Å². The van der Waals surface area contributed by atoms with Gasteiger partial charge in [0.1, 0.15) is 0 Å². The van der Waals surface area contributed by atoms with Gasteiger partial charge in [-0.2, -0.15) is 0 Å². The van der Waals surface area contributed by atoms with Crippen LogP contribution in [0.5, 0.6) is 0 Å². The summed E-state index contributed by atoms with van der Waals surface area (Å²) >= 11 is 5.88. The third-order valence-electron chi connectivity index (χ3n) is 3.81. The molecule has 0 saturated heterocycles. The first-order valence-corrected chi connectivity index (χ1v) is 9.03. The molecule has 0 heterocycles. The Morgan fingerprint density at radius 1 is 0.762 bits per heavy atom. The zero-order chi connectivity index (χ0) is 15.2. The third-order valence-corrected chi connectivity index (χ3v) is 4.06. The van der Waals surface area contributed by atoms with Gasteiger partial charge in [0.2, 0.25) is 0 Å². The maximum absolute atomic E-state index is 5.88. The van der Waals surface area contributed by atoms with Crippen LogP contribution >= 0.6 is 11.6 Å². The fraction of sp³-hybridized carbons (Fsp3) is 0.684. The van der Waals surface area contributed by atoms with Crippen molar-refractivity contribution in [3.63, 3.8) is 0 Å². The Morgan fingerprint density at radius 2 is 1.33 bits per heavy atom. The van der Waals surface area contributed by atoms with Gasteiger partial charge in [0.25, 0.3) is 0 Å². The van der Waals surface area contributed by atoms with E-state index in [2.05, 4.69) is 19.1 Å². The monoisotopic (exact) mass is 310 g/mol. The number of ether oxygens (including phenoxy) is 1. The van der Waals surface area contributed by atoms with E-state index in [-0.39, 0.29) is 0 Å². The average Bonchev–Trinajstić information content (AvgIpc) is 2.50. The first-order chi connectivity index (χ1) is 10.3. The van der Waals surface area contributed by atoms with E-state index in [0.717, 1.165) is 24.7 Å². The first kappa shape index (κ1) is 18.5. The summed E-state index contributed by atoms with van der Waals surface area (Å²) in [7, 11) is 0. The van der Waals surface area contributed by atoms with E-state index in [4.69, 9.17) is 16.3 Å². The van der Waals surface area contributed by atoms with E-state index in [9.17, 15) is 0 Å². The normalized spacial score (nSPS) is 11.0. The van der Waals surface area contributed by atoms with Crippen LogP contribution in [0.3, 0.4) is 0 Å². The molecular formula is C19H31ClO. The molecule has 0 amide bonds. The fourth-order valence-corrected chi connectivity index (χ4v) is 2.57. The van der Waals surface area contributed by atoms with E-state index < -0.39 is 0 Å². The first-order valence-electron chi connectivity index (χ1n) is 8.65. The number of hydrogen-bond acceptors (Lipinski definition) is 1. The molecule has 21 heavy (non-hydrogen) atoms. The maximum Gasteiger partial charge on any atom is 0.0466 e. The van der Waals surface area contributed by atoms with Crippen molar-refractivity contribution in [3.8, 4) is 0 Å². The van der Waals surface area contributed by atoms with Crippen LogP contribution < -0.4 is 0 Å². The molecule has 0 spiro atoms. The Morgan fingerprint density at radius 3 is 1.95 bits per heavy atom. The molecule has 120 valence electrons. The molecule has 0 N–H and O–H groups in total. The molecule has 0 radical (unpaired) electrons. The van der Waals surface area contributed by atoms with Crippen molar-refractivity contribution in [1.82, 2.24) is 0 Å². The van der Waals surface area contributed by atoms with Crippen LogP contribution in [-0.2, 0) is 11.2 Å². The van der Waals surface area contributed by atoms with Gasteiger partial charge in [-0.3, -0.25) is 0 Å². The molecule has 2 heteroatoms. The van der Waals surface area contributed by atoms with Crippen molar-refractivity contribution >= 4 is 11.6 Å². The highest BCUT2D eigenvalue weighted by Crippen LogP contribution is 2.12. The summed E-state index contributed by atoms with van der Waals surface area (Å²) in [6.07, 6.45) is 12.8. The zero-order valence-electron chi connectivity index (χ0n) is 13.6. The summed E-state index contributed by atoms with van der Waals surface area (Å²) < 4.78 is 5.68. The van der Waals surface area contributed by atoms with Crippen molar-refractivity contribution < 1.29 is 4.74 Å². The summed E-state index contributed by atoms with van der Waals surface area (Å²) in [5, 5.41) is 0.825. The standard InChI is InChI=1S/C19H31ClO/c1-2-3-4-6-9-16-21-17-10-7-5-8-11-18-12-14-19(20)15-13-18/h12-15H,2-11,16-17H2,1H3. The van der Waals surface area contributed by atoms with Crippen molar-refractivity contribution in [3.05, 3.63) is 34.9 Å². The molecule has 0 fully saturated rings. The van der Waals surface area contributed by atoms with Gasteiger partial charge in [-0.1, -0.05) is 69.2 Å². The lowest BCUT2D eigenvalue weighted by Gasteiger charge is -2.05. The van der Waals surface area contributed by atoms with E-state index in [0.29, 0.717) is 0 Å². The molecule has 0 aromatic heterocycles. The number of benzene rings is 1. The van der Waals surface area contributed by atoms with Gasteiger partial charge in [0, 0.05) is 18.2 Å². The van der Waals surface area contributed by atoms with Crippen molar-refractivity contribution in [1.29, 1.82) is 0 Å². The molecular weight excluding hydrogens is 280 g/mol. The lowest BCUT2D eigenvalue weighted by molar-refractivity contribution is 0.125. The van der Waals surface area contributed by atoms with Crippen molar-refractivity contribution in [2.45, 2.75) is 71.1 Å². The van der Waals surface area contributed by atoms with Gasteiger partial charge in [0.15, 0.2) is 0 Å². The Labute approximate surface area is 136 Å². The Hall–Kier alpha value is -0.530. The second kappa shape index (κ2) is 13.2. The Kier molecular flexibility index (Phi) is 11.6. The maximum atomic E-state index is 5.88. The van der Waals surface area contributed by atoms with E-state index in [1.807, 2.05) is 12.1 Å². The second-order valence-corrected chi connectivity index (χ2v) is 6.25. The van der Waals surface area contributed by atoms with Crippen LogP contribution in [0.2, 0.25) is 5.02 Å². The van der Waals surface area contributed by atoms with Gasteiger partial charge in [0.05, 0.1) is 0 Å². The molecule has 0 saturated carbocycles. The van der Waals surface area contributed by atoms with Crippen LogP contribution in [0.4, 0.5) is 0 Å². The molecule has 0 aliphatic heterocycles. The zero-order valence-corrected chi connectivity index (χ0v) is 14.3. The predicted octanol–water partition coefficient (Wildman–Crippen LogP) is 6.43. The minimum Gasteiger partial charge on any atom is -0.381 e. The Balaban J connectivity index is 1.81. The quantitative estimate of drug-likeness (QED) is 0.381. The van der Waals surface area contributed by atoms with Crippen LogP contribution in [-0.4, -0.2) is 13.2 Å². The lowest BCUT2D eigenvalue weighted by atomic mass is 10.1. The summed E-state index contributed by atoms with van der Waals surface area (Å²) in [5.74, 6) is 0. The minimum atomic E-state index is 0.825. The highest BCUT2D eigenvalue weighted by atomic mass is 35.5. The van der Waals surface area contributed by atoms with E-state index >= 15 is 0 Å². The lowest BCUT2D eigenvalue weighted by Crippen LogP contribution is -1.97. The molecule has 1 aromatic rings. The summed E-state index contributed by atoms with van der Waals surface area (Å²) in [4.78, 5) is 0. The number of unbranched alkanes of at least 4 members (excludes halogenated alkanes) is 7. The summed E-state index contributed by atoms with van der Waals surface area (Å²) in [6.45, 7) is 4.15.